The van der Waals surface area contributed by atoms with Crippen LogP contribution in [0.4, 0.5) is 56.6 Å². The Balaban J connectivity index is 0. The molecule has 78 heavy (non-hydrogen) atoms. The van der Waals surface area contributed by atoms with Crippen molar-refractivity contribution in [2.24, 2.45) is 0 Å². The van der Waals surface area contributed by atoms with Gasteiger partial charge in [0.25, 0.3) is 23.5 Å². The predicted molar refractivity (Wildman–Crippen MR) is 259 cm³/mol. The van der Waals surface area contributed by atoms with Crippen molar-refractivity contribution < 1.29 is 193 Å². The van der Waals surface area contributed by atoms with Gasteiger partial charge in [0.2, 0.25) is 0 Å². The number of phenolic OH excluding ortho intramolecular Hbond substituents is 2. The first kappa shape index (κ1) is 73.9. The fourth-order valence-electron chi connectivity index (χ4n) is 6.64. The van der Waals surface area contributed by atoms with Gasteiger partial charge in [-0.3, -0.25) is 35.1 Å². The summed E-state index contributed by atoms with van der Waals surface area (Å²) in [6.07, 6.45) is -14.7. The van der Waals surface area contributed by atoms with E-state index in [1.807, 2.05) is 41.5 Å². The van der Waals surface area contributed by atoms with E-state index in [1.165, 1.54) is 12.1 Å². The number of carbonyl (C=O) groups excluding carboxylic acids is 1. The average molecular weight is 1190 g/mol. The van der Waals surface area contributed by atoms with E-state index >= 15 is 0 Å². The number of carbonyl (C=O) groups is 1. The fraction of sp³-hybridized carbons (Fsp3) is 0.380. The van der Waals surface area contributed by atoms with E-state index in [0.717, 1.165) is 47.5 Å². The van der Waals surface area contributed by atoms with Gasteiger partial charge in [-0.25, -0.2) is 0 Å². The molecule has 0 amide bonds. The van der Waals surface area contributed by atoms with Crippen molar-refractivity contribution >= 4 is 35.1 Å². The molecule has 0 aliphatic heterocycles. The topological polar surface area (TPSA) is 238 Å². The molecule has 5 aromatic rings. The standard InChI is InChI=1S/C28H26F6N2O6.C14H22O2.C7H3ClF3NO2.CH2O3.2K.H/c1-25(2,3)17-13-24(42-22-10-8-16(36(39)40)12-20(22)28(32,33)34)18(26(4,5)6)14-23(17)41-21-9-7-15(35(37)38)11-19(21)27(29,30)31;1-13(2,3)9-7-12(16)10(8-11(9)15)14(4,5)6;8-6-2-1-4(12(13)14)3-5(6)7(9,10)11;2-1-4-3;;;/h7-14H,1-6H3;7-8,15-16H,1-6H3;1-3H;1,3H;;;/q;;;;2*+1;-1/p-1. The SMILES string of the molecule is CC(C)(C)c1cc(O)c(C(C)(C)C)cc1O.CC(C)(C)c1cc(Oc2ccc([N+](=O)[O-])cc2C(F)(F)F)c(C(C)(C)C)cc1Oc1ccc([N+](=O)[O-])cc1C(F)(F)F.O=CO[O-].O=[N+]([O-])c1ccc(Cl)c(C(F)(F)F)c1.[H-].[K+].[K+]. The Morgan fingerprint density at radius 3 is 0.936 bits per heavy atom. The molecule has 0 bridgehead atoms. The Labute approximate surface area is 533 Å². The molecule has 418 valence electrons. The van der Waals surface area contributed by atoms with Gasteiger partial charge in [0, 0.05) is 58.7 Å². The van der Waals surface area contributed by atoms with Gasteiger partial charge in [0.15, 0.2) is 0 Å². The third-order valence-electron chi connectivity index (χ3n) is 10.3. The summed E-state index contributed by atoms with van der Waals surface area (Å²) in [5, 5.41) is 60.3. The molecule has 0 saturated heterocycles. The maximum absolute atomic E-state index is 13.9. The number of rotatable bonds is 8. The smallest absolute Gasteiger partial charge is 1.00 e. The summed E-state index contributed by atoms with van der Waals surface area (Å²) in [5.41, 5.74) is -6.23. The van der Waals surface area contributed by atoms with Crippen LogP contribution in [0, 0.1) is 30.3 Å². The number of nitrogens with zero attached hydrogens (tertiary/aromatic N) is 3. The molecule has 28 heteroatoms. The molecule has 0 spiro atoms. The minimum absolute atomic E-state index is 0. The van der Waals surface area contributed by atoms with Crippen LogP contribution in [0.25, 0.3) is 0 Å². The van der Waals surface area contributed by atoms with E-state index in [-0.39, 0.29) is 156 Å². The van der Waals surface area contributed by atoms with Crippen LogP contribution in [0.15, 0.2) is 78.9 Å². The van der Waals surface area contributed by atoms with Crippen LogP contribution < -0.4 is 118 Å². The first-order chi connectivity index (χ1) is 34.3. The molecular formula is C50H53ClF9K2N3O13. The van der Waals surface area contributed by atoms with Gasteiger partial charge in [-0.15, -0.1) is 0 Å². The molecule has 0 radical (unpaired) electrons. The fourth-order valence-corrected chi connectivity index (χ4v) is 6.87. The summed E-state index contributed by atoms with van der Waals surface area (Å²) in [5.74, 6) is -1.09. The molecule has 0 heterocycles. The molecule has 0 aliphatic rings. The number of ether oxygens (including phenoxy) is 2. The Morgan fingerprint density at radius 2 is 0.705 bits per heavy atom. The predicted octanol–water partition coefficient (Wildman–Crippen LogP) is 9.24. The largest absolute Gasteiger partial charge is 1.00 e. The Morgan fingerprint density at radius 1 is 0.449 bits per heavy atom. The molecule has 5 rings (SSSR count). The molecular weight excluding hydrogens is 1140 g/mol. The molecule has 0 aliphatic carbocycles. The first-order valence-corrected chi connectivity index (χ1v) is 22.2. The minimum atomic E-state index is -5.01. The van der Waals surface area contributed by atoms with E-state index in [4.69, 9.17) is 31.1 Å². The zero-order chi connectivity index (χ0) is 59.1. The summed E-state index contributed by atoms with van der Waals surface area (Å²) in [4.78, 5) is 40.8. The van der Waals surface area contributed by atoms with Crippen LogP contribution in [0.5, 0.6) is 34.5 Å². The molecule has 2 N–H and O–H groups in total. The quantitative estimate of drug-likeness (QED) is 0.0281. The van der Waals surface area contributed by atoms with Crippen molar-refractivity contribution in [1.82, 2.24) is 0 Å². The number of hydrogen-bond donors (Lipinski definition) is 2. The zero-order valence-electron chi connectivity index (χ0n) is 45.6. The maximum atomic E-state index is 13.9. The Hall–Kier alpha value is -4.14. The van der Waals surface area contributed by atoms with Crippen LogP contribution in [-0.2, 0) is 49.9 Å². The zero-order valence-corrected chi connectivity index (χ0v) is 51.6. The number of halogens is 10. The maximum Gasteiger partial charge on any atom is 1.00 e. The van der Waals surface area contributed by atoms with Crippen LogP contribution >= 0.6 is 11.6 Å². The molecule has 0 unspecified atom stereocenters. The van der Waals surface area contributed by atoms with Crippen molar-refractivity contribution in [2.45, 2.75) is 123 Å². The van der Waals surface area contributed by atoms with Crippen molar-refractivity contribution in [1.29, 1.82) is 0 Å². The van der Waals surface area contributed by atoms with E-state index in [1.54, 1.807) is 53.7 Å². The number of alkyl halides is 9. The summed E-state index contributed by atoms with van der Waals surface area (Å²) < 4.78 is 131. The summed E-state index contributed by atoms with van der Waals surface area (Å²) >= 11 is 5.24. The van der Waals surface area contributed by atoms with Gasteiger partial charge in [0.1, 0.15) is 45.6 Å². The summed E-state index contributed by atoms with van der Waals surface area (Å²) in [6.45, 7) is 22.0. The number of phenols is 2. The average Bonchev–Trinajstić information content (AvgIpc) is 3.25. The molecule has 0 atom stereocenters. The van der Waals surface area contributed by atoms with E-state index < -0.39 is 94.4 Å². The molecule has 0 aromatic heterocycles. The summed E-state index contributed by atoms with van der Waals surface area (Å²) in [6, 6.07) is 12.3. The van der Waals surface area contributed by atoms with Gasteiger partial charge in [-0.2, -0.15) is 39.5 Å². The van der Waals surface area contributed by atoms with E-state index in [2.05, 4.69) is 4.89 Å². The van der Waals surface area contributed by atoms with Crippen molar-refractivity contribution in [3.05, 3.63) is 153 Å². The molecule has 5 aromatic carbocycles. The van der Waals surface area contributed by atoms with Gasteiger partial charge in [-0.1, -0.05) is 94.7 Å². The second-order valence-corrected chi connectivity index (χ2v) is 20.8. The first-order valence-electron chi connectivity index (χ1n) is 21.8. The normalized spacial score (nSPS) is 11.8. The van der Waals surface area contributed by atoms with E-state index in [0.29, 0.717) is 18.2 Å². The number of hydrogen-bond acceptors (Lipinski definition) is 13. The summed E-state index contributed by atoms with van der Waals surface area (Å²) in [7, 11) is 0. The van der Waals surface area contributed by atoms with Crippen molar-refractivity contribution in [2.75, 3.05) is 0 Å². The minimum Gasteiger partial charge on any atom is -1.00 e. The monoisotopic (exact) mass is 1190 g/mol. The van der Waals surface area contributed by atoms with Crippen molar-refractivity contribution in [3.63, 3.8) is 0 Å². The Kier molecular flexibility index (Phi) is 27.0. The van der Waals surface area contributed by atoms with Gasteiger partial charge in [0.05, 0.1) is 25.4 Å². The number of non-ortho nitro benzene ring substituents is 3. The third kappa shape index (κ3) is 21.4. The van der Waals surface area contributed by atoms with Crippen LogP contribution in [-0.4, -0.2) is 31.5 Å². The molecule has 16 nitrogen and oxygen atoms in total. The molecule has 0 saturated carbocycles. The number of nitro benzene ring substituents is 3. The van der Waals surface area contributed by atoms with Crippen LogP contribution in [0.1, 0.15) is 123 Å². The Bertz CT molecular complexity index is 2780. The number of nitro groups is 3. The number of aromatic hydroxyl groups is 2. The van der Waals surface area contributed by atoms with Gasteiger partial charge < -0.3 is 31.3 Å². The van der Waals surface area contributed by atoms with Crippen LogP contribution in [0.2, 0.25) is 5.02 Å². The van der Waals surface area contributed by atoms with Gasteiger partial charge in [-0.05, 0) is 64.1 Å². The van der Waals surface area contributed by atoms with Gasteiger partial charge >= 0.3 is 121 Å². The van der Waals surface area contributed by atoms with Crippen LogP contribution in [0.3, 0.4) is 0 Å². The third-order valence-corrected chi connectivity index (χ3v) is 10.7. The van der Waals surface area contributed by atoms with E-state index in [9.17, 15) is 80.1 Å². The van der Waals surface area contributed by atoms with Crippen molar-refractivity contribution in [3.8, 4) is 34.5 Å². The molecule has 0 fully saturated rings. The second kappa shape index (κ2) is 28.5. The number of benzene rings is 5. The second-order valence-electron chi connectivity index (χ2n) is 20.4.